The summed E-state index contributed by atoms with van der Waals surface area (Å²) >= 11 is 0. The molecule has 1 unspecified atom stereocenters. The van der Waals surface area contributed by atoms with Crippen LogP contribution in [0, 0.1) is 5.92 Å². The second-order valence-electron chi connectivity index (χ2n) is 8.44. The third-order valence-electron chi connectivity index (χ3n) is 5.60. The van der Waals surface area contributed by atoms with Crippen molar-refractivity contribution in [2.45, 2.75) is 110 Å². The van der Waals surface area contributed by atoms with Crippen LogP contribution in [0.5, 0.6) is 0 Å². The number of amides is 1. The summed E-state index contributed by atoms with van der Waals surface area (Å²) in [6.07, 6.45) is 20.2. The molecule has 1 atom stereocenters. The van der Waals surface area contributed by atoms with Gasteiger partial charge in [-0.3, -0.25) is 15.0 Å². The molecule has 0 aromatic rings. The highest BCUT2D eigenvalue weighted by atomic mass is 16.5. The third kappa shape index (κ3) is 13.1. The first kappa shape index (κ1) is 24.9. The fourth-order valence-electron chi connectivity index (χ4n) is 3.77. The van der Waals surface area contributed by atoms with E-state index in [4.69, 9.17) is 4.74 Å². The Kier molecular flexibility index (Phi) is 15.0. The van der Waals surface area contributed by atoms with Crippen LogP contribution < -0.4 is 5.43 Å². The van der Waals surface area contributed by atoms with Crippen molar-refractivity contribution < 1.29 is 14.3 Å². The summed E-state index contributed by atoms with van der Waals surface area (Å²) in [6, 6.07) is 0. The number of nitrogens with one attached hydrogen (secondary N) is 1. The molecule has 0 aromatic heterocycles. The van der Waals surface area contributed by atoms with Gasteiger partial charge >= 0.3 is 5.97 Å². The van der Waals surface area contributed by atoms with Crippen molar-refractivity contribution >= 4 is 11.9 Å². The van der Waals surface area contributed by atoms with E-state index in [0.717, 1.165) is 12.8 Å². The molecule has 1 N–H and O–H groups in total. The Hall–Kier alpha value is -1.10. The Morgan fingerprint density at radius 1 is 0.893 bits per heavy atom. The molecule has 1 saturated heterocycles. The Morgan fingerprint density at radius 2 is 1.36 bits per heavy atom. The number of hydrogen-bond acceptors (Lipinski definition) is 4. The maximum atomic E-state index is 11.8. The number of rotatable bonds is 18. The largest absolute Gasteiger partial charge is 0.465 e. The van der Waals surface area contributed by atoms with Crippen LogP contribution in [0.2, 0.25) is 0 Å². The van der Waals surface area contributed by atoms with Gasteiger partial charge in [0.15, 0.2) is 0 Å². The molecule has 1 amide bonds. The first-order chi connectivity index (χ1) is 13.6. The normalized spacial score (nSPS) is 17.1. The minimum Gasteiger partial charge on any atom is -0.465 e. The van der Waals surface area contributed by atoms with Crippen molar-refractivity contribution in [3.05, 3.63) is 0 Å². The first-order valence-corrected chi connectivity index (χ1v) is 11.8. The average Bonchev–Trinajstić information content (AvgIpc) is 3.00. The summed E-state index contributed by atoms with van der Waals surface area (Å²) in [6.45, 7) is 3.08. The van der Waals surface area contributed by atoms with E-state index in [1.807, 2.05) is 7.05 Å². The number of unbranched alkanes of at least 4 members (excludes halogenated alkanes) is 14. The molecular weight excluding hydrogens is 352 g/mol. The van der Waals surface area contributed by atoms with Crippen molar-refractivity contribution in [2.24, 2.45) is 5.92 Å². The molecule has 0 saturated carbocycles. The van der Waals surface area contributed by atoms with Gasteiger partial charge in [0, 0.05) is 20.0 Å². The monoisotopic (exact) mass is 396 g/mol. The van der Waals surface area contributed by atoms with Gasteiger partial charge in [-0.05, 0) is 6.42 Å². The fraction of sp³-hybridized carbons (Fsp3) is 0.913. The van der Waals surface area contributed by atoms with E-state index in [2.05, 4.69) is 12.3 Å². The Balaban J connectivity index is 1.78. The molecule has 5 nitrogen and oxygen atoms in total. The number of carbonyl (C=O) groups is 2. The molecule has 28 heavy (non-hydrogen) atoms. The van der Waals surface area contributed by atoms with Crippen molar-refractivity contribution in [1.82, 2.24) is 10.4 Å². The van der Waals surface area contributed by atoms with Crippen molar-refractivity contribution in [3.63, 3.8) is 0 Å². The number of nitrogens with zero attached hydrogens (tertiary/aromatic N) is 1. The molecule has 0 radical (unpaired) electrons. The van der Waals surface area contributed by atoms with Crippen molar-refractivity contribution in [3.8, 4) is 0 Å². The van der Waals surface area contributed by atoms with Crippen LogP contribution in [0.1, 0.15) is 110 Å². The second-order valence-corrected chi connectivity index (χ2v) is 8.44. The first-order valence-electron chi connectivity index (χ1n) is 11.8. The summed E-state index contributed by atoms with van der Waals surface area (Å²) < 4.78 is 5.24. The Bertz CT molecular complexity index is 415. The van der Waals surface area contributed by atoms with E-state index in [9.17, 15) is 9.59 Å². The van der Waals surface area contributed by atoms with Crippen LogP contribution >= 0.6 is 0 Å². The highest BCUT2D eigenvalue weighted by Gasteiger charge is 2.29. The van der Waals surface area contributed by atoms with E-state index in [-0.39, 0.29) is 24.4 Å². The molecule has 0 aromatic carbocycles. The molecule has 1 rings (SSSR count). The number of hydrogen-bond donors (Lipinski definition) is 1. The molecular formula is C23H44N2O3. The summed E-state index contributed by atoms with van der Waals surface area (Å²) in [4.78, 5) is 23.3. The Labute approximate surface area is 172 Å². The van der Waals surface area contributed by atoms with Gasteiger partial charge in [0.2, 0.25) is 5.91 Å². The van der Waals surface area contributed by atoms with Gasteiger partial charge in [-0.15, -0.1) is 0 Å². The van der Waals surface area contributed by atoms with Crippen LogP contribution in [-0.2, 0) is 14.3 Å². The van der Waals surface area contributed by atoms with Gasteiger partial charge in [0.1, 0.15) is 6.61 Å². The van der Waals surface area contributed by atoms with Gasteiger partial charge in [0.05, 0.1) is 5.92 Å². The van der Waals surface area contributed by atoms with Crippen LogP contribution in [-0.4, -0.2) is 37.1 Å². The molecule has 5 heteroatoms. The van der Waals surface area contributed by atoms with E-state index >= 15 is 0 Å². The number of carbonyl (C=O) groups excluding carboxylic acids is 2. The van der Waals surface area contributed by atoms with Crippen LogP contribution in [0.25, 0.3) is 0 Å². The molecule has 0 aliphatic carbocycles. The predicted octanol–water partition coefficient (Wildman–Crippen LogP) is 5.38. The highest BCUT2D eigenvalue weighted by molar-refractivity contribution is 5.80. The highest BCUT2D eigenvalue weighted by Crippen LogP contribution is 2.14. The van der Waals surface area contributed by atoms with Crippen molar-refractivity contribution in [1.29, 1.82) is 0 Å². The standard InChI is InChI=1S/C23H44N2O3/c1-3-4-5-6-7-8-9-10-11-12-13-14-15-16-17-18-22(26)28-20-21-19-25(2)24-23(21)27/h21H,3-20H2,1-2H3,(H,24,27). The van der Waals surface area contributed by atoms with Crippen LogP contribution in [0.3, 0.4) is 0 Å². The number of esters is 1. The maximum absolute atomic E-state index is 11.8. The van der Waals surface area contributed by atoms with E-state index < -0.39 is 0 Å². The van der Waals surface area contributed by atoms with Crippen molar-refractivity contribution in [2.75, 3.05) is 20.2 Å². The molecule has 1 heterocycles. The topological polar surface area (TPSA) is 58.6 Å². The number of ether oxygens (including phenoxy) is 1. The van der Waals surface area contributed by atoms with Gasteiger partial charge in [-0.25, -0.2) is 5.01 Å². The predicted molar refractivity (Wildman–Crippen MR) is 115 cm³/mol. The summed E-state index contributed by atoms with van der Waals surface area (Å²) in [7, 11) is 1.81. The summed E-state index contributed by atoms with van der Waals surface area (Å²) in [5, 5.41) is 1.73. The zero-order chi connectivity index (χ0) is 20.5. The van der Waals surface area contributed by atoms with E-state index in [0.29, 0.717) is 13.0 Å². The van der Waals surface area contributed by atoms with Crippen LogP contribution in [0.15, 0.2) is 0 Å². The lowest BCUT2D eigenvalue weighted by Crippen LogP contribution is -2.29. The van der Waals surface area contributed by atoms with E-state index in [1.54, 1.807) is 5.01 Å². The lowest BCUT2D eigenvalue weighted by molar-refractivity contribution is -0.145. The minimum atomic E-state index is -0.227. The van der Waals surface area contributed by atoms with Gasteiger partial charge in [-0.1, -0.05) is 96.8 Å². The number of hydrazine groups is 1. The fourth-order valence-corrected chi connectivity index (χ4v) is 3.77. The summed E-state index contributed by atoms with van der Waals surface area (Å²) in [5.74, 6) is -0.450. The SMILES string of the molecule is CCCCCCCCCCCCCCCCCC(=O)OCC1CN(C)NC1=O. The molecule has 1 fully saturated rings. The average molecular weight is 397 g/mol. The lowest BCUT2D eigenvalue weighted by Gasteiger charge is -2.08. The zero-order valence-corrected chi connectivity index (χ0v) is 18.5. The lowest BCUT2D eigenvalue weighted by atomic mass is 10.0. The smallest absolute Gasteiger partial charge is 0.305 e. The maximum Gasteiger partial charge on any atom is 0.305 e. The van der Waals surface area contributed by atoms with Gasteiger partial charge < -0.3 is 4.74 Å². The molecule has 0 bridgehead atoms. The third-order valence-corrected chi connectivity index (χ3v) is 5.60. The van der Waals surface area contributed by atoms with Gasteiger partial charge in [0.25, 0.3) is 0 Å². The molecule has 1 aliphatic rings. The second kappa shape index (κ2) is 16.8. The van der Waals surface area contributed by atoms with E-state index in [1.165, 1.54) is 83.5 Å². The quantitative estimate of drug-likeness (QED) is 0.249. The molecule has 0 spiro atoms. The molecule has 164 valence electrons. The van der Waals surface area contributed by atoms with Gasteiger partial charge in [-0.2, -0.15) is 0 Å². The minimum absolute atomic E-state index is 0.0535. The Morgan fingerprint density at radius 3 is 1.79 bits per heavy atom. The molecule has 1 aliphatic heterocycles. The van der Waals surface area contributed by atoms with Crippen LogP contribution in [0.4, 0.5) is 0 Å². The summed E-state index contributed by atoms with van der Waals surface area (Å²) in [5.41, 5.74) is 2.69. The zero-order valence-electron chi connectivity index (χ0n) is 18.5.